The van der Waals surface area contributed by atoms with Crippen molar-refractivity contribution in [2.24, 2.45) is 0 Å². The zero-order valence-electron chi connectivity index (χ0n) is 12.7. The summed E-state index contributed by atoms with van der Waals surface area (Å²) < 4.78 is 28.3. The molecule has 1 unspecified atom stereocenters. The van der Waals surface area contributed by atoms with Crippen LogP contribution in [0.4, 0.5) is 4.79 Å². The van der Waals surface area contributed by atoms with Crippen LogP contribution in [-0.2, 0) is 14.6 Å². The molecule has 1 N–H and O–H groups in total. The minimum absolute atomic E-state index is 0.0782. The molecule has 1 heterocycles. The quantitative estimate of drug-likeness (QED) is 0.825. The van der Waals surface area contributed by atoms with Gasteiger partial charge in [0.05, 0.1) is 18.1 Å². The highest BCUT2D eigenvalue weighted by molar-refractivity contribution is 7.91. The first-order chi connectivity index (χ1) is 10.0. The molecule has 21 heavy (non-hydrogen) atoms. The topological polar surface area (TPSA) is 75.7 Å². The van der Waals surface area contributed by atoms with E-state index in [2.05, 4.69) is 5.32 Å². The van der Waals surface area contributed by atoms with Gasteiger partial charge in [0.25, 0.3) is 0 Å². The molecule has 6 nitrogen and oxygen atoms in total. The van der Waals surface area contributed by atoms with Crippen molar-refractivity contribution in [3.63, 3.8) is 0 Å². The summed E-state index contributed by atoms with van der Waals surface area (Å²) in [5, 5.41) is 3.07. The van der Waals surface area contributed by atoms with Gasteiger partial charge in [-0.05, 0) is 19.3 Å². The van der Waals surface area contributed by atoms with Crippen molar-refractivity contribution in [3.8, 4) is 0 Å². The zero-order chi connectivity index (χ0) is 15.3. The molecule has 1 aliphatic heterocycles. The number of nitrogens with zero attached hydrogens (tertiary/aromatic N) is 1. The van der Waals surface area contributed by atoms with Crippen molar-refractivity contribution in [2.75, 3.05) is 31.8 Å². The number of carbonyl (C=O) groups is 1. The van der Waals surface area contributed by atoms with E-state index in [1.54, 1.807) is 12.0 Å². The molecule has 0 bridgehead atoms. The number of methoxy groups -OCH3 is 1. The number of hydrogen-bond donors (Lipinski definition) is 1. The average molecular weight is 318 g/mol. The lowest BCUT2D eigenvalue weighted by Crippen LogP contribution is -2.51. The van der Waals surface area contributed by atoms with Gasteiger partial charge in [-0.25, -0.2) is 13.2 Å². The van der Waals surface area contributed by atoms with Gasteiger partial charge in [0.2, 0.25) is 0 Å². The molecule has 2 aliphatic rings. The van der Waals surface area contributed by atoms with Crippen LogP contribution in [-0.4, -0.2) is 63.2 Å². The summed E-state index contributed by atoms with van der Waals surface area (Å²) in [5.74, 6) is 0.257. The Kier molecular flexibility index (Phi) is 5.87. The van der Waals surface area contributed by atoms with Crippen LogP contribution in [0.3, 0.4) is 0 Å². The van der Waals surface area contributed by atoms with Gasteiger partial charge in [0.1, 0.15) is 0 Å². The fourth-order valence-electron chi connectivity index (χ4n) is 3.17. The van der Waals surface area contributed by atoms with Crippen molar-refractivity contribution in [1.82, 2.24) is 10.2 Å². The second-order valence-corrected chi connectivity index (χ2v) is 8.26. The number of carbonyl (C=O) groups excluding carboxylic acids is 1. The molecule has 0 aromatic heterocycles. The number of sulfone groups is 1. The van der Waals surface area contributed by atoms with Gasteiger partial charge in [-0.3, -0.25) is 0 Å². The predicted octanol–water partition coefficient (Wildman–Crippen LogP) is 1.16. The third-order valence-corrected chi connectivity index (χ3v) is 6.13. The molecule has 1 atom stereocenters. The van der Waals surface area contributed by atoms with Crippen LogP contribution < -0.4 is 5.32 Å². The third-order valence-electron chi connectivity index (χ3n) is 4.38. The molecule has 2 rings (SSSR count). The van der Waals surface area contributed by atoms with Gasteiger partial charge in [-0.15, -0.1) is 0 Å². The number of urea groups is 1. The number of rotatable bonds is 5. The van der Waals surface area contributed by atoms with E-state index < -0.39 is 9.84 Å². The molecular weight excluding hydrogens is 292 g/mol. The molecule has 2 amide bonds. The monoisotopic (exact) mass is 318 g/mol. The Labute approximate surface area is 127 Å². The van der Waals surface area contributed by atoms with E-state index in [0.29, 0.717) is 19.6 Å². The normalized spacial score (nSPS) is 25.7. The van der Waals surface area contributed by atoms with Gasteiger partial charge in [0, 0.05) is 25.7 Å². The Morgan fingerprint density at radius 1 is 1.24 bits per heavy atom. The summed E-state index contributed by atoms with van der Waals surface area (Å²) in [5.41, 5.74) is 0. The van der Waals surface area contributed by atoms with Crippen molar-refractivity contribution < 1.29 is 17.9 Å². The summed E-state index contributed by atoms with van der Waals surface area (Å²) in [6.07, 6.45) is 6.12. The summed E-state index contributed by atoms with van der Waals surface area (Å²) in [6.45, 7) is 0.865. The van der Waals surface area contributed by atoms with E-state index in [4.69, 9.17) is 4.74 Å². The molecule has 1 saturated heterocycles. The number of amides is 2. The highest BCUT2D eigenvalue weighted by Gasteiger charge is 2.35. The van der Waals surface area contributed by atoms with Crippen LogP contribution >= 0.6 is 0 Å². The van der Waals surface area contributed by atoms with Gasteiger partial charge in [-0.2, -0.15) is 0 Å². The van der Waals surface area contributed by atoms with E-state index in [1.165, 1.54) is 6.42 Å². The smallest absolute Gasteiger partial charge is 0.317 e. The van der Waals surface area contributed by atoms with Crippen LogP contribution in [0.25, 0.3) is 0 Å². The lowest BCUT2D eigenvalue weighted by Gasteiger charge is -2.31. The fourth-order valence-corrected chi connectivity index (χ4v) is 4.90. The van der Waals surface area contributed by atoms with Crippen molar-refractivity contribution in [2.45, 2.75) is 50.6 Å². The lowest BCUT2D eigenvalue weighted by molar-refractivity contribution is 0.130. The van der Waals surface area contributed by atoms with Gasteiger partial charge in [0.15, 0.2) is 9.84 Å². The van der Waals surface area contributed by atoms with Crippen LogP contribution in [0.1, 0.15) is 38.5 Å². The standard InChI is InChI=1S/C14H26N2O4S/c1-20-9-8-16(13-7-10-21(18,19)11-13)14(17)15-12-5-3-2-4-6-12/h12-13H,2-11H2,1H3,(H,15,17). The molecule has 0 spiro atoms. The van der Waals surface area contributed by atoms with Crippen molar-refractivity contribution >= 4 is 15.9 Å². The van der Waals surface area contributed by atoms with Crippen LogP contribution in [0.15, 0.2) is 0 Å². The molecule has 1 aliphatic carbocycles. The number of ether oxygens (including phenoxy) is 1. The first-order valence-electron chi connectivity index (χ1n) is 7.78. The third kappa shape index (κ3) is 4.85. The molecule has 2 fully saturated rings. The van der Waals surface area contributed by atoms with E-state index in [1.807, 2.05) is 0 Å². The maximum Gasteiger partial charge on any atom is 0.317 e. The van der Waals surface area contributed by atoms with Crippen LogP contribution in [0.5, 0.6) is 0 Å². The van der Waals surface area contributed by atoms with Crippen LogP contribution in [0, 0.1) is 0 Å². The minimum Gasteiger partial charge on any atom is -0.383 e. The van der Waals surface area contributed by atoms with Gasteiger partial charge in [-0.1, -0.05) is 19.3 Å². The van der Waals surface area contributed by atoms with Crippen molar-refractivity contribution in [1.29, 1.82) is 0 Å². The zero-order valence-corrected chi connectivity index (χ0v) is 13.5. The second kappa shape index (κ2) is 7.45. The molecule has 1 saturated carbocycles. The second-order valence-electron chi connectivity index (χ2n) is 6.03. The Morgan fingerprint density at radius 3 is 2.52 bits per heavy atom. The Bertz CT molecular complexity index is 446. The molecular formula is C14H26N2O4S. The number of nitrogens with one attached hydrogen (secondary N) is 1. The maximum atomic E-state index is 12.5. The largest absolute Gasteiger partial charge is 0.383 e. The fraction of sp³-hybridized carbons (Fsp3) is 0.929. The number of hydrogen-bond acceptors (Lipinski definition) is 4. The Balaban J connectivity index is 1.95. The Hall–Kier alpha value is -0.820. The van der Waals surface area contributed by atoms with Crippen molar-refractivity contribution in [3.05, 3.63) is 0 Å². The first kappa shape index (κ1) is 16.5. The summed E-state index contributed by atoms with van der Waals surface area (Å²) in [6, 6.07) is -0.121. The summed E-state index contributed by atoms with van der Waals surface area (Å²) in [7, 11) is -1.41. The van der Waals surface area contributed by atoms with Gasteiger partial charge >= 0.3 is 6.03 Å². The highest BCUT2D eigenvalue weighted by atomic mass is 32.2. The average Bonchev–Trinajstić information content (AvgIpc) is 2.80. The molecule has 0 aromatic rings. The highest BCUT2D eigenvalue weighted by Crippen LogP contribution is 2.20. The Morgan fingerprint density at radius 2 is 1.95 bits per heavy atom. The van der Waals surface area contributed by atoms with Gasteiger partial charge < -0.3 is 15.0 Å². The minimum atomic E-state index is -2.99. The maximum absolute atomic E-state index is 12.5. The molecule has 122 valence electrons. The SMILES string of the molecule is COCCN(C(=O)NC1CCCCC1)C1CCS(=O)(=O)C1. The van der Waals surface area contributed by atoms with E-state index in [9.17, 15) is 13.2 Å². The summed E-state index contributed by atoms with van der Waals surface area (Å²) >= 11 is 0. The molecule has 0 radical (unpaired) electrons. The van der Waals surface area contributed by atoms with E-state index >= 15 is 0 Å². The summed E-state index contributed by atoms with van der Waals surface area (Å²) in [4.78, 5) is 14.1. The lowest BCUT2D eigenvalue weighted by atomic mass is 9.96. The van der Waals surface area contributed by atoms with E-state index in [0.717, 1.165) is 25.7 Å². The first-order valence-corrected chi connectivity index (χ1v) is 9.60. The molecule has 7 heteroatoms. The van der Waals surface area contributed by atoms with E-state index in [-0.39, 0.29) is 29.6 Å². The predicted molar refractivity (Wildman–Crippen MR) is 81.0 cm³/mol. The molecule has 0 aromatic carbocycles. The van der Waals surface area contributed by atoms with Crippen LogP contribution in [0.2, 0.25) is 0 Å².